The van der Waals surface area contributed by atoms with Gasteiger partial charge in [0.25, 0.3) is 5.91 Å². The summed E-state index contributed by atoms with van der Waals surface area (Å²) in [6.07, 6.45) is 4.87. The molecular formula is C20H31NO3. The van der Waals surface area contributed by atoms with Gasteiger partial charge in [0.05, 0.1) is 5.41 Å². The molecule has 4 fully saturated rings. The van der Waals surface area contributed by atoms with Crippen molar-refractivity contribution in [3.63, 3.8) is 0 Å². The van der Waals surface area contributed by atoms with Gasteiger partial charge in [0.2, 0.25) is 0 Å². The van der Waals surface area contributed by atoms with Crippen LogP contribution in [-0.4, -0.2) is 23.5 Å². The largest absolute Gasteiger partial charge is 0.448 e. The van der Waals surface area contributed by atoms with Gasteiger partial charge >= 0.3 is 5.97 Å². The van der Waals surface area contributed by atoms with E-state index in [1.165, 1.54) is 12.8 Å². The van der Waals surface area contributed by atoms with Crippen molar-refractivity contribution in [2.45, 2.75) is 85.3 Å². The van der Waals surface area contributed by atoms with Crippen LogP contribution in [0.15, 0.2) is 0 Å². The van der Waals surface area contributed by atoms with Crippen molar-refractivity contribution in [1.82, 2.24) is 5.32 Å². The molecule has 24 heavy (non-hydrogen) atoms. The number of carbonyl (C=O) groups excluding carboxylic acids is 2. The van der Waals surface area contributed by atoms with Gasteiger partial charge in [-0.15, -0.1) is 0 Å². The summed E-state index contributed by atoms with van der Waals surface area (Å²) < 4.78 is 5.75. The number of nitrogens with one attached hydrogen (secondary N) is 1. The van der Waals surface area contributed by atoms with E-state index in [-0.39, 0.29) is 28.7 Å². The summed E-state index contributed by atoms with van der Waals surface area (Å²) >= 11 is 0. The van der Waals surface area contributed by atoms with E-state index < -0.39 is 16.4 Å². The zero-order chi connectivity index (χ0) is 17.8. The molecule has 4 nitrogen and oxygen atoms in total. The molecule has 0 spiro atoms. The Labute approximate surface area is 145 Å². The van der Waals surface area contributed by atoms with Crippen LogP contribution in [0.4, 0.5) is 0 Å². The van der Waals surface area contributed by atoms with Gasteiger partial charge in [-0.2, -0.15) is 0 Å². The highest BCUT2D eigenvalue weighted by Crippen LogP contribution is 2.67. The predicted octanol–water partition coefficient (Wildman–Crippen LogP) is 3.44. The first-order valence-corrected chi connectivity index (χ1v) is 9.47. The third kappa shape index (κ3) is 1.44. The number of hydrogen-bond acceptors (Lipinski definition) is 3. The molecule has 5 atom stereocenters. The average molecular weight is 333 g/mol. The molecule has 4 heteroatoms. The third-order valence-electron chi connectivity index (χ3n) is 9.55. The minimum atomic E-state index is -0.985. The number of fused-ring (bicyclic) bond motifs is 4. The lowest BCUT2D eigenvalue weighted by atomic mass is 9.65. The normalized spacial score (nSPS) is 50.2. The average Bonchev–Trinajstić information content (AvgIpc) is 2.97. The van der Waals surface area contributed by atoms with Crippen LogP contribution in [-0.2, 0) is 14.3 Å². The highest BCUT2D eigenvalue weighted by Gasteiger charge is 2.76. The van der Waals surface area contributed by atoms with Crippen molar-refractivity contribution in [1.29, 1.82) is 0 Å². The fourth-order valence-corrected chi connectivity index (χ4v) is 6.44. The second-order valence-electron chi connectivity index (χ2n) is 10.3. The van der Waals surface area contributed by atoms with Crippen molar-refractivity contribution in [2.24, 2.45) is 27.6 Å². The topological polar surface area (TPSA) is 55.4 Å². The van der Waals surface area contributed by atoms with Crippen LogP contribution in [0.5, 0.6) is 0 Å². The van der Waals surface area contributed by atoms with Crippen LogP contribution >= 0.6 is 0 Å². The molecule has 4 aliphatic rings. The Morgan fingerprint density at radius 3 is 2.17 bits per heavy atom. The first-order chi connectivity index (χ1) is 10.9. The summed E-state index contributed by atoms with van der Waals surface area (Å²) in [5, 5.41) is 3.34. The Morgan fingerprint density at radius 2 is 1.75 bits per heavy atom. The van der Waals surface area contributed by atoms with E-state index in [1.54, 1.807) is 0 Å². The molecule has 1 amide bonds. The van der Waals surface area contributed by atoms with Gasteiger partial charge in [-0.25, -0.2) is 0 Å². The van der Waals surface area contributed by atoms with Crippen LogP contribution in [0.1, 0.15) is 73.6 Å². The summed E-state index contributed by atoms with van der Waals surface area (Å²) in [5.74, 6) is 0.420. The number of esters is 1. The number of rotatable bonds is 2. The van der Waals surface area contributed by atoms with Crippen LogP contribution in [0, 0.1) is 27.6 Å². The first-order valence-electron chi connectivity index (χ1n) is 9.47. The second-order valence-corrected chi connectivity index (χ2v) is 10.3. The lowest BCUT2D eigenvalue weighted by molar-refractivity contribution is -0.169. The monoisotopic (exact) mass is 333 g/mol. The highest BCUT2D eigenvalue weighted by molar-refractivity contribution is 5.96. The van der Waals surface area contributed by atoms with E-state index >= 15 is 0 Å². The predicted molar refractivity (Wildman–Crippen MR) is 91.1 cm³/mol. The quantitative estimate of drug-likeness (QED) is 0.788. The van der Waals surface area contributed by atoms with E-state index in [4.69, 9.17) is 4.74 Å². The van der Waals surface area contributed by atoms with Gasteiger partial charge in [-0.3, -0.25) is 9.59 Å². The van der Waals surface area contributed by atoms with E-state index in [9.17, 15) is 9.59 Å². The molecule has 0 aromatic carbocycles. The molecule has 1 aliphatic heterocycles. The molecule has 0 radical (unpaired) electrons. The molecule has 0 unspecified atom stereocenters. The minimum absolute atomic E-state index is 0.0587. The van der Waals surface area contributed by atoms with Gasteiger partial charge in [0.15, 0.2) is 5.60 Å². The molecule has 0 aromatic rings. The Morgan fingerprint density at radius 1 is 1.08 bits per heavy atom. The maximum atomic E-state index is 13.3. The van der Waals surface area contributed by atoms with Crippen LogP contribution in [0.25, 0.3) is 0 Å². The van der Waals surface area contributed by atoms with Crippen molar-refractivity contribution in [3.05, 3.63) is 0 Å². The Hall–Kier alpha value is -1.06. The molecule has 3 aliphatic carbocycles. The minimum Gasteiger partial charge on any atom is -0.448 e. The molecule has 0 aromatic heterocycles. The van der Waals surface area contributed by atoms with Crippen molar-refractivity contribution < 1.29 is 14.3 Å². The molecule has 1 heterocycles. The Bertz CT molecular complexity index is 639. The molecule has 134 valence electrons. The van der Waals surface area contributed by atoms with E-state index in [0.29, 0.717) is 12.3 Å². The summed E-state index contributed by atoms with van der Waals surface area (Å²) in [6, 6.07) is 0.190. The van der Waals surface area contributed by atoms with E-state index in [1.807, 2.05) is 20.8 Å². The van der Waals surface area contributed by atoms with Crippen molar-refractivity contribution >= 4 is 11.9 Å². The maximum absolute atomic E-state index is 13.3. The van der Waals surface area contributed by atoms with E-state index in [0.717, 1.165) is 12.8 Å². The Kier molecular flexibility index (Phi) is 2.86. The van der Waals surface area contributed by atoms with Gasteiger partial charge < -0.3 is 10.1 Å². The number of ether oxygens (including phenoxy) is 1. The zero-order valence-corrected chi connectivity index (χ0v) is 15.9. The lowest BCUT2D eigenvalue weighted by Gasteiger charge is -2.42. The van der Waals surface area contributed by atoms with Crippen molar-refractivity contribution in [2.75, 3.05) is 0 Å². The number of amides is 1. The van der Waals surface area contributed by atoms with Gasteiger partial charge in [0.1, 0.15) is 0 Å². The van der Waals surface area contributed by atoms with E-state index in [2.05, 4.69) is 26.1 Å². The second kappa shape index (κ2) is 4.19. The molecule has 1 saturated heterocycles. The first kappa shape index (κ1) is 16.4. The molecule has 4 rings (SSSR count). The van der Waals surface area contributed by atoms with Gasteiger partial charge in [-0.05, 0) is 55.8 Å². The van der Waals surface area contributed by atoms with Gasteiger partial charge in [0, 0.05) is 11.5 Å². The summed E-state index contributed by atoms with van der Waals surface area (Å²) in [6.45, 7) is 13.0. The van der Waals surface area contributed by atoms with Crippen LogP contribution < -0.4 is 5.32 Å². The molecule has 3 saturated carbocycles. The van der Waals surface area contributed by atoms with Crippen molar-refractivity contribution in [3.8, 4) is 0 Å². The summed E-state index contributed by atoms with van der Waals surface area (Å²) in [4.78, 5) is 25.7. The summed E-state index contributed by atoms with van der Waals surface area (Å²) in [7, 11) is 0. The number of carbonyl (C=O) groups is 2. The van der Waals surface area contributed by atoms with Crippen LogP contribution in [0.3, 0.4) is 0 Å². The molecular weight excluding hydrogens is 302 g/mol. The summed E-state index contributed by atoms with van der Waals surface area (Å²) in [5.41, 5.74) is -1.59. The highest BCUT2D eigenvalue weighted by atomic mass is 16.6. The Balaban J connectivity index is 1.62. The third-order valence-corrected chi connectivity index (χ3v) is 9.55. The maximum Gasteiger partial charge on any atom is 0.313 e. The standard InChI is InChI=1S/C20H31NO3/c1-16(2)12-7-8-18(16,5)13(11-12)21-14(22)20-10-9-19(6,15(23)24-20)17(20,3)4/h12-13H,7-11H2,1-6H3,(H,21,22)/t12-,13+,18-,19-,20+/m1/s1. The SMILES string of the molecule is CC1(C)[C@@]2(C(=O)N[C@H]3C[C@H]4CC[C@@]3(C)C4(C)C)CC[C@]1(C)C(=O)O2. The lowest BCUT2D eigenvalue weighted by Crippen LogP contribution is -2.58. The fraction of sp³-hybridized carbons (Fsp3) is 0.900. The smallest absolute Gasteiger partial charge is 0.313 e. The fourth-order valence-electron chi connectivity index (χ4n) is 6.44. The van der Waals surface area contributed by atoms with Gasteiger partial charge in [-0.1, -0.05) is 34.6 Å². The number of hydrogen-bond donors (Lipinski definition) is 1. The molecule has 1 N–H and O–H groups in total. The zero-order valence-electron chi connectivity index (χ0n) is 15.9. The van der Waals surface area contributed by atoms with Crippen LogP contribution in [0.2, 0.25) is 0 Å². The molecule has 4 bridgehead atoms.